The van der Waals surface area contributed by atoms with Gasteiger partial charge in [0.25, 0.3) is 0 Å². The molecule has 0 atom stereocenters. The quantitative estimate of drug-likeness (QED) is 0.656. The average Bonchev–Trinajstić information content (AvgIpc) is 2.59. The molecular weight excluding hydrogens is 347 g/mol. The number of nitriles is 1. The molecule has 0 aliphatic carbocycles. The van der Waals surface area contributed by atoms with Gasteiger partial charge in [0.2, 0.25) is 5.95 Å². The van der Waals surface area contributed by atoms with Crippen molar-refractivity contribution in [3.8, 4) is 11.8 Å². The van der Waals surface area contributed by atoms with E-state index in [1.165, 1.54) is 0 Å². The summed E-state index contributed by atoms with van der Waals surface area (Å²) in [5.41, 5.74) is 11.7. The molecule has 3 rings (SSSR count). The van der Waals surface area contributed by atoms with E-state index in [9.17, 15) is 9.65 Å². The summed E-state index contributed by atoms with van der Waals surface area (Å²) in [7, 11) is 1.54. The Morgan fingerprint density at radius 2 is 1.92 bits per heavy atom. The number of hydrogen-bond acceptors (Lipinski definition) is 7. The van der Waals surface area contributed by atoms with Gasteiger partial charge >= 0.3 is 0 Å². The predicted molar refractivity (Wildman–Crippen MR) is 94.3 cm³/mol. The molecule has 7 nitrogen and oxygen atoms in total. The van der Waals surface area contributed by atoms with Crippen LogP contribution < -0.4 is 21.5 Å². The number of halogens is 2. The molecule has 0 saturated heterocycles. The number of benzene rings is 2. The second kappa shape index (κ2) is 6.30. The van der Waals surface area contributed by atoms with E-state index in [0.29, 0.717) is 11.4 Å². The van der Waals surface area contributed by atoms with Gasteiger partial charge in [0, 0.05) is 5.69 Å². The number of fused-ring (bicyclic) bond motifs is 1. The number of ether oxygens (including phenoxy) is 1. The van der Waals surface area contributed by atoms with Gasteiger partial charge in [-0.2, -0.15) is 10.2 Å². The van der Waals surface area contributed by atoms with Crippen LogP contribution in [0.3, 0.4) is 0 Å². The van der Waals surface area contributed by atoms with Gasteiger partial charge in [-0.15, -0.1) is 0 Å². The second-order valence-electron chi connectivity index (χ2n) is 5.03. The maximum atomic E-state index is 14.8. The highest BCUT2D eigenvalue weighted by Crippen LogP contribution is 2.39. The van der Waals surface area contributed by atoms with Crippen LogP contribution in [-0.4, -0.2) is 17.1 Å². The van der Waals surface area contributed by atoms with Crippen LogP contribution in [0.25, 0.3) is 10.9 Å². The topological polar surface area (TPSA) is 123 Å². The van der Waals surface area contributed by atoms with E-state index in [0.717, 1.165) is 0 Å². The number of rotatable bonds is 3. The largest absolute Gasteiger partial charge is 0.497 e. The lowest BCUT2D eigenvalue weighted by Crippen LogP contribution is -2.06. The molecule has 0 aliphatic heterocycles. The lowest BCUT2D eigenvalue weighted by molar-refractivity contribution is 0.415. The van der Waals surface area contributed by atoms with Gasteiger partial charge in [0.05, 0.1) is 23.2 Å². The summed E-state index contributed by atoms with van der Waals surface area (Å²) in [6.45, 7) is 0. The summed E-state index contributed by atoms with van der Waals surface area (Å²) in [4.78, 5) is 7.66. The van der Waals surface area contributed by atoms with Crippen molar-refractivity contribution in [3.05, 3.63) is 40.7 Å². The minimum Gasteiger partial charge on any atom is -0.497 e. The van der Waals surface area contributed by atoms with E-state index in [2.05, 4.69) is 15.3 Å². The minimum absolute atomic E-state index is 0.0181. The van der Waals surface area contributed by atoms with Crippen LogP contribution in [0.15, 0.2) is 24.3 Å². The number of anilines is 4. The predicted octanol–water partition coefficient (Wildman–Crippen LogP) is 3.21. The van der Waals surface area contributed by atoms with Crippen LogP contribution in [0.4, 0.5) is 27.5 Å². The molecule has 9 heteroatoms. The molecule has 0 aliphatic rings. The highest BCUT2D eigenvalue weighted by molar-refractivity contribution is 6.38. The van der Waals surface area contributed by atoms with E-state index < -0.39 is 5.82 Å². The zero-order valence-corrected chi connectivity index (χ0v) is 13.7. The lowest BCUT2D eigenvalue weighted by Gasteiger charge is -2.14. The van der Waals surface area contributed by atoms with E-state index in [4.69, 9.17) is 27.8 Å². The van der Waals surface area contributed by atoms with Crippen LogP contribution in [-0.2, 0) is 0 Å². The fourth-order valence-corrected chi connectivity index (χ4v) is 2.65. The molecule has 0 radical (unpaired) electrons. The number of nitrogens with two attached hydrogens (primary N) is 2. The molecule has 0 amide bonds. The van der Waals surface area contributed by atoms with Gasteiger partial charge in [0.1, 0.15) is 28.7 Å². The molecule has 0 bridgehead atoms. The van der Waals surface area contributed by atoms with Crippen LogP contribution in [0.2, 0.25) is 5.02 Å². The smallest absolute Gasteiger partial charge is 0.222 e. The Balaban J connectivity index is 2.23. The first-order valence-electron chi connectivity index (χ1n) is 7.01. The van der Waals surface area contributed by atoms with Crippen molar-refractivity contribution >= 4 is 45.6 Å². The van der Waals surface area contributed by atoms with Gasteiger partial charge < -0.3 is 21.5 Å². The summed E-state index contributed by atoms with van der Waals surface area (Å²) < 4.78 is 19.9. The van der Waals surface area contributed by atoms with Crippen LogP contribution in [0, 0.1) is 17.1 Å². The lowest BCUT2D eigenvalue weighted by atomic mass is 10.1. The van der Waals surface area contributed by atoms with Gasteiger partial charge in [-0.05, 0) is 24.3 Å². The van der Waals surface area contributed by atoms with Crippen molar-refractivity contribution in [1.82, 2.24) is 9.97 Å². The molecular formula is C16H12ClFN6O. The number of nitrogens with zero attached hydrogens (tertiary/aromatic N) is 3. The Hall–Kier alpha value is -3.31. The molecule has 25 heavy (non-hydrogen) atoms. The Labute approximate surface area is 147 Å². The molecule has 0 saturated carbocycles. The third-order valence-corrected chi connectivity index (χ3v) is 3.91. The number of aromatic nitrogens is 2. The van der Waals surface area contributed by atoms with Crippen LogP contribution >= 0.6 is 11.6 Å². The Morgan fingerprint density at radius 1 is 1.24 bits per heavy atom. The van der Waals surface area contributed by atoms with E-state index in [1.807, 2.05) is 0 Å². The second-order valence-corrected chi connectivity index (χ2v) is 5.41. The van der Waals surface area contributed by atoms with Gasteiger partial charge in [-0.1, -0.05) is 11.6 Å². The minimum atomic E-state index is -0.865. The Morgan fingerprint density at radius 3 is 2.52 bits per heavy atom. The summed E-state index contributed by atoms with van der Waals surface area (Å²) in [6, 6.07) is 8.60. The van der Waals surface area contributed by atoms with Crippen molar-refractivity contribution in [1.29, 1.82) is 5.26 Å². The molecule has 126 valence electrons. The first kappa shape index (κ1) is 16.5. The molecule has 5 N–H and O–H groups in total. The van der Waals surface area contributed by atoms with Gasteiger partial charge in [-0.25, -0.2) is 9.37 Å². The average molecular weight is 359 g/mol. The maximum Gasteiger partial charge on any atom is 0.222 e. The zero-order chi connectivity index (χ0) is 18.1. The summed E-state index contributed by atoms with van der Waals surface area (Å²) in [5, 5.41) is 12.2. The van der Waals surface area contributed by atoms with Crippen LogP contribution in [0.1, 0.15) is 5.56 Å². The van der Waals surface area contributed by atoms with Crippen molar-refractivity contribution < 1.29 is 9.13 Å². The normalized spacial score (nSPS) is 10.5. The highest BCUT2D eigenvalue weighted by atomic mass is 35.5. The van der Waals surface area contributed by atoms with Crippen molar-refractivity contribution in [2.45, 2.75) is 0 Å². The molecule has 1 aromatic heterocycles. The molecule has 2 aromatic carbocycles. The number of methoxy groups -OCH3 is 1. The van der Waals surface area contributed by atoms with Gasteiger partial charge in [0.15, 0.2) is 5.82 Å². The molecule has 0 unspecified atom stereocenters. The van der Waals surface area contributed by atoms with E-state index >= 15 is 0 Å². The number of nitrogen functional groups attached to an aromatic ring is 2. The fourth-order valence-electron chi connectivity index (χ4n) is 2.38. The van der Waals surface area contributed by atoms with Crippen molar-refractivity contribution in [2.75, 3.05) is 23.9 Å². The maximum absolute atomic E-state index is 14.8. The highest BCUT2D eigenvalue weighted by Gasteiger charge is 2.22. The number of nitrogens with one attached hydrogen (secondary N) is 1. The Kier molecular flexibility index (Phi) is 4.17. The van der Waals surface area contributed by atoms with E-state index in [-0.39, 0.29) is 38.9 Å². The summed E-state index contributed by atoms with van der Waals surface area (Å²) in [6.07, 6.45) is 0. The molecule has 1 heterocycles. The standard InChI is InChI=1S/C16H12ClFN6O/c1-25-8-4-2-7(3-5-8)22-13-9(6-19)12(18)10-14(11(13)17)23-16(21)24-15(10)20/h2-5,22H,1H3,(H4,20,21,23,24). The van der Waals surface area contributed by atoms with Crippen molar-refractivity contribution in [2.24, 2.45) is 0 Å². The third kappa shape index (κ3) is 2.81. The summed E-state index contributed by atoms with van der Waals surface area (Å²) in [5.74, 6) is -0.550. The van der Waals surface area contributed by atoms with Crippen molar-refractivity contribution in [3.63, 3.8) is 0 Å². The third-order valence-electron chi connectivity index (χ3n) is 3.54. The molecule has 3 aromatic rings. The summed E-state index contributed by atoms with van der Waals surface area (Å²) >= 11 is 6.34. The first-order valence-corrected chi connectivity index (χ1v) is 7.39. The van der Waals surface area contributed by atoms with Gasteiger partial charge in [-0.3, -0.25) is 0 Å². The Bertz CT molecular complexity index is 1020. The number of hydrogen-bond donors (Lipinski definition) is 3. The van der Waals surface area contributed by atoms with Crippen LogP contribution in [0.5, 0.6) is 5.75 Å². The zero-order valence-electron chi connectivity index (χ0n) is 13.0. The first-order chi connectivity index (χ1) is 12.0. The SMILES string of the molecule is COc1ccc(Nc2c(C#N)c(F)c3c(N)nc(N)nc3c2Cl)cc1. The monoisotopic (exact) mass is 358 g/mol. The van der Waals surface area contributed by atoms with E-state index in [1.54, 1.807) is 37.4 Å². The fraction of sp³-hybridized carbons (Fsp3) is 0.0625. The molecule has 0 fully saturated rings. The molecule has 0 spiro atoms.